The molecule has 0 amide bonds. The van der Waals surface area contributed by atoms with Crippen LogP contribution in [-0.2, 0) is 0 Å². The van der Waals surface area contributed by atoms with Crippen molar-refractivity contribution in [3.8, 4) is 33.6 Å². The molecule has 21 rings (SSSR count). The Bertz CT molecular complexity index is 5790. The Morgan fingerprint density at radius 2 is 0.529 bits per heavy atom. The molecule has 0 radical (unpaired) electrons. The van der Waals surface area contributed by atoms with E-state index in [1.165, 1.54) is 201 Å². The van der Waals surface area contributed by atoms with Gasteiger partial charge in [0.15, 0.2) is 0 Å². The minimum Gasteiger partial charge on any atom is -0.310 e. The second-order valence-corrected chi connectivity index (χ2v) is 24.1. The molecule has 0 bridgehead atoms. The highest BCUT2D eigenvalue weighted by Crippen LogP contribution is 2.50. The first-order valence-electron chi connectivity index (χ1n) is 29.9. The van der Waals surface area contributed by atoms with Gasteiger partial charge in [0.25, 0.3) is 6.71 Å². The zero-order valence-electron chi connectivity index (χ0n) is 46.0. The van der Waals surface area contributed by atoms with E-state index in [0.29, 0.717) is 0 Å². The average molecular weight is 1070 g/mol. The maximum atomic E-state index is 2.68. The smallest absolute Gasteiger partial charge is 0.252 e. The Labute approximate surface area is 487 Å². The van der Waals surface area contributed by atoms with E-state index in [9.17, 15) is 0 Å². The van der Waals surface area contributed by atoms with Crippen LogP contribution in [-0.4, -0.2) is 15.8 Å². The van der Waals surface area contributed by atoms with Gasteiger partial charge in [-0.1, -0.05) is 224 Å². The maximum absolute atomic E-state index is 2.68. The summed E-state index contributed by atoms with van der Waals surface area (Å²) in [6, 6.07) is 105. The van der Waals surface area contributed by atoms with E-state index in [0.717, 1.165) is 0 Å². The third-order valence-electron chi connectivity index (χ3n) is 20.1. The Kier molecular flexibility index (Phi) is 8.38. The van der Waals surface area contributed by atoms with Gasteiger partial charge in [-0.05, 0) is 184 Å². The number of aromatic nitrogens is 2. The van der Waals surface area contributed by atoms with Crippen LogP contribution >= 0.6 is 0 Å². The number of hydrogen-bond donors (Lipinski definition) is 0. The minimum atomic E-state index is -0.139. The summed E-state index contributed by atoms with van der Waals surface area (Å²) in [5.41, 5.74) is 16.5. The summed E-state index contributed by atoms with van der Waals surface area (Å²) in [5.74, 6) is 0. The van der Waals surface area contributed by atoms with E-state index in [1.54, 1.807) is 0 Å². The summed E-state index contributed by atoms with van der Waals surface area (Å²) in [5, 5.41) is 30.6. The maximum Gasteiger partial charge on any atom is 0.252 e. The lowest BCUT2D eigenvalue weighted by Crippen LogP contribution is -2.59. The lowest BCUT2D eigenvalue weighted by Gasteiger charge is -2.34. The second-order valence-electron chi connectivity index (χ2n) is 24.1. The predicted octanol–water partition coefficient (Wildman–Crippen LogP) is 19.9. The highest BCUT2D eigenvalue weighted by atomic mass is 15.0. The van der Waals surface area contributed by atoms with Crippen molar-refractivity contribution < 1.29 is 0 Å². The zero-order valence-corrected chi connectivity index (χ0v) is 46.0. The summed E-state index contributed by atoms with van der Waals surface area (Å²) < 4.78 is 5.35. The van der Waals surface area contributed by atoms with Crippen LogP contribution in [0, 0.1) is 0 Å². The molecule has 17 aromatic carbocycles. The molecule has 85 heavy (non-hydrogen) atoms. The number of hydrogen-bond acceptors (Lipinski definition) is 0. The van der Waals surface area contributed by atoms with Crippen molar-refractivity contribution in [3.05, 3.63) is 273 Å². The van der Waals surface area contributed by atoms with E-state index in [2.05, 4.69) is 282 Å². The summed E-state index contributed by atoms with van der Waals surface area (Å²) in [7, 11) is 0. The summed E-state index contributed by atoms with van der Waals surface area (Å²) in [6.07, 6.45) is 0. The van der Waals surface area contributed by atoms with Crippen molar-refractivity contribution in [2.45, 2.75) is 0 Å². The van der Waals surface area contributed by atoms with Crippen molar-refractivity contribution in [2.75, 3.05) is 0 Å². The first-order chi connectivity index (χ1) is 42.2. The summed E-state index contributed by atoms with van der Waals surface area (Å²) in [4.78, 5) is 0. The predicted molar refractivity (Wildman–Crippen MR) is 366 cm³/mol. The van der Waals surface area contributed by atoms with E-state index < -0.39 is 0 Å². The van der Waals surface area contributed by atoms with Crippen LogP contribution < -0.4 is 16.4 Å². The SMILES string of the molecule is c1cc2c3c(c1)-n1c4ccc5c6ccccc6c6ccccc6c5c4c4cc(-c5c6ccccc6cc6ccccc56)cc(c41)B3c1cc(-c3c4ccccc4cc4ccccc34)cc3c4c5c6ccccc6c6ccccc6c5ccc4n-2c13. The second kappa shape index (κ2) is 16.0. The topological polar surface area (TPSA) is 9.86 Å². The monoisotopic (exact) mass is 1070 g/mol. The van der Waals surface area contributed by atoms with Crippen LogP contribution in [0.1, 0.15) is 0 Å². The Balaban J connectivity index is 1.00. The molecule has 386 valence electrons. The van der Waals surface area contributed by atoms with Gasteiger partial charge in [0, 0.05) is 54.7 Å². The van der Waals surface area contributed by atoms with Gasteiger partial charge in [-0.25, -0.2) is 0 Å². The molecule has 0 saturated heterocycles. The van der Waals surface area contributed by atoms with Crippen molar-refractivity contribution in [1.82, 2.24) is 9.13 Å². The lowest BCUT2D eigenvalue weighted by molar-refractivity contribution is 1.14. The number of fused-ring (bicyclic) bond motifs is 28. The van der Waals surface area contributed by atoms with Crippen molar-refractivity contribution in [2.24, 2.45) is 0 Å². The summed E-state index contributed by atoms with van der Waals surface area (Å²) >= 11 is 0. The van der Waals surface area contributed by atoms with Gasteiger partial charge in [-0.2, -0.15) is 0 Å². The molecule has 0 spiro atoms. The third kappa shape index (κ3) is 5.57. The van der Waals surface area contributed by atoms with Crippen LogP contribution in [0.5, 0.6) is 0 Å². The molecule has 0 saturated carbocycles. The molecular weight excluding hydrogens is 1020 g/mol. The molecule has 0 atom stereocenters. The van der Waals surface area contributed by atoms with Crippen LogP contribution in [0.15, 0.2) is 273 Å². The molecule has 0 fully saturated rings. The standard InChI is InChI=1S/C82H45BN2/c1-5-22-52-46(18-1)40-47-19-2-6-23-53(47)74(52)50-42-66-78-70(38-36-64-60-30-11-9-26-56(60)58-28-13-15-32-62(58)76(64)78)84-72-34-17-35-73-80(72)83(68(44-50)81(66)84)69-45-51(75-54-24-7-3-20-48(54)41-49-21-4-8-25-55(49)75)43-67-79-71(85(73)82(67)69)39-37-65-61-31-12-10-27-57(61)59-29-14-16-33-63(59)77(65)79/h1-45H. The molecule has 2 nitrogen and oxygen atoms in total. The lowest BCUT2D eigenvalue weighted by atomic mass is 9.34. The largest absolute Gasteiger partial charge is 0.310 e. The Hall–Kier alpha value is -11.0. The number of nitrogens with zero attached hydrogens (tertiary/aromatic N) is 2. The molecule has 19 aromatic rings. The van der Waals surface area contributed by atoms with Crippen LogP contribution in [0.2, 0.25) is 0 Å². The molecule has 3 heteroatoms. The molecule has 2 aliphatic rings. The third-order valence-corrected chi connectivity index (χ3v) is 20.1. The number of benzene rings is 17. The summed E-state index contributed by atoms with van der Waals surface area (Å²) in [6.45, 7) is -0.139. The van der Waals surface area contributed by atoms with Gasteiger partial charge in [0.1, 0.15) is 0 Å². The molecule has 4 heterocycles. The van der Waals surface area contributed by atoms with Crippen LogP contribution in [0.4, 0.5) is 0 Å². The Morgan fingerprint density at radius 1 is 0.224 bits per heavy atom. The first kappa shape index (κ1) is 44.6. The zero-order chi connectivity index (χ0) is 54.9. The fraction of sp³-hybridized carbons (Fsp3) is 0. The average Bonchev–Trinajstić information content (AvgIpc) is 2.50. The number of rotatable bonds is 2. The fourth-order valence-corrected chi connectivity index (χ4v) is 16.9. The van der Waals surface area contributed by atoms with Crippen molar-refractivity contribution >= 4 is 174 Å². The molecule has 0 unspecified atom stereocenters. The van der Waals surface area contributed by atoms with Gasteiger partial charge in [-0.15, -0.1) is 0 Å². The van der Waals surface area contributed by atoms with Gasteiger partial charge in [0.2, 0.25) is 0 Å². The normalized spacial score (nSPS) is 12.9. The molecule has 2 aromatic heterocycles. The van der Waals surface area contributed by atoms with Crippen molar-refractivity contribution in [3.63, 3.8) is 0 Å². The highest BCUT2D eigenvalue weighted by Gasteiger charge is 2.42. The highest BCUT2D eigenvalue weighted by molar-refractivity contribution is 7.00. The van der Waals surface area contributed by atoms with E-state index in [4.69, 9.17) is 0 Å². The minimum absolute atomic E-state index is 0.139. The van der Waals surface area contributed by atoms with Gasteiger partial charge < -0.3 is 9.13 Å². The van der Waals surface area contributed by atoms with Gasteiger partial charge >= 0.3 is 0 Å². The molecular formula is C82H45BN2. The van der Waals surface area contributed by atoms with Crippen LogP contribution in [0.25, 0.3) is 185 Å². The fourth-order valence-electron chi connectivity index (χ4n) is 16.9. The van der Waals surface area contributed by atoms with E-state index >= 15 is 0 Å². The van der Waals surface area contributed by atoms with E-state index in [1.807, 2.05) is 0 Å². The van der Waals surface area contributed by atoms with Gasteiger partial charge in [-0.3, -0.25) is 0 Å². The van der Waals surface area contributed by atoms with E-state index in [-0.39, 0.29) is 6.71 Å². The Morgan fingerprint density at radius 3 is 0.894 bits per heavy atom. The van der Waals surface area contributed by atoms with Crippen LogP contribution in [0.3, 0.4) is 0 Å². The van der Waals surface area contributed by atoms with Crippen molar-refractivity contribution in [1.29, 1.82) is 0 Å². The van der Waals surface area contributed by atoms with Gasteiger partial charge in [0.05, 0.1) is 11.0 Å². The molecule has 0 aliphatic carbocycles. The first-order valence-corrected chi connectivity index (χ1v) is 29.9. The molecule has 2 aliphatic heterocycles. The quantitative estimate of drug-likeness (QED) is 0.0928. The molecule has 0 N–H and O–H groups in total.